The lowest BCUT2D eigenvalue weighted by Gasteiger charge is -2.13. The minimum Gasteiger partial charge on any atom is -0.384 e. The summed E-state index contributed by atoms with van der Waals surface area (Å²) in [4.78, 5) is 8.80. The Kier molecular flexibility index (Phi) is 2.91. The first-order valence-corrected chi connectivity index (χ1v) is 7.56. The number of nitrogens with zero attached hydrogens (tertiary/aromatic N) is 2. The third-order valence-corrected chi connectivity index (χ3v) is 4.45. The smallest absolute Gasteiger partial charge is 0.108 e. The molecule has 1 atom stereocenters. The molecule has 1 unspecified atom stereocenters. The number of rotatable bonds is 2. The van der Waals surface area contributed by atoms with Crippen molar-refractivity contribution < 1.29 is 5.11 Å². The van der Waals surface area contributed by atoms with Gasteiger partial charge in [0.25, 0.3) is 0 Å². The SMILES string of the molecule is OC(c1cnc2ccsc2c1)c1cccc2cccnc12. The van der Waals surface area contributed by atoms with E-state index in [1.165, 1.54) is 0 Å². The van der Waals surface area contributed by atoms with Crippen LogP contribution in [0.4, 0.5) is 0 Å². The van der Waals surface area contributed by atoms with Crippen LogP contribution in [0.15, 0.2) is 60.2 Å². The minimum atomic E-state index is -0.720. The van der Waals surface area contributed by atoms with Crippen molar-refractivity contribution in [3.63, 3.8) is 0 Å². The molecule has 1 aromatic carbocycles. The second kappa shape index (κ2) is 4.91. The Morgan fingerprint density at radius 1 is 1.05 bits per heavy atom. The van der Waals surface area contributed by atoms with Gasteiger partial charge in [-0.2, -0.15) is 0 Å². The van der Waals surface area contributed by atoms with Gasteiger partial charge in [-0.1, -0.05) is 24.3 Å². The maximum Gasteiger partial charge on any atom is 0.108 e. The van der Waals surface area contributed by atoms with Crippen molar-refractivity contribution in [1.29, 1.82) is 0 Å². The third kappa shape index (κ3) is 2.09. The van der Waals surface area contributed by atoms with Gasteiger partial charge in [-0.15, -0.1) is 11.3 Å². The molecule has 0 radical (unpaired) electrons. The van der Waals surface area contributed by atoms with Crippen LogP contribution in [0.5, 0.6) is 0 Å². The number of hydrogen-bond acceptors (Lipinski definition) is 4. The van der Waals surface area contributed by atoms with Gasteiger partial charge in [0.15, 0.2) is 0 Å². The second-order valence-corrected chi connectivity index (χ2v) is 5.85. The summed E-state index contributed by atoms with van der Waals surface area (Å²) >= 11 is 1.63. The first-order chi connectivity index (χ1) is 10.3. The zero-order valence-corrected chi connectivity index (χ0v) is 11.9. The molecule has 3 nitrogen and oxygen atoms in total. The lowest BCUT2D eigenvalue weighted by Crippen LogP contribution is -2.01. The van der Waals surface area contributed by atoms with Crippen LogP contribution in [0.3, 0.4) is 0 Å². The van der Waals surface area contributed by atoms with Gasteiger partial charge in [-0.25, -0.2) is 0 Å². The largest absolute Gasteiger partial charge is 0.384 e. The van der Waals surface area contributed by atoms with E-state index in [-0.39, 0.29) is 0 Å². The number of fused-ring (bicyclic) bond motifs is 2. The Balaban J connectivity index is 1.87. The average molecular weight is 292 g/mol. The molecule has 3 aromatic heterocycles. The van der Waals surface area contributed by atoms with Gasteiger partial charge in [0.05, 0.1) is 15.7 Å². The standard InChI is InChI=1S/C17H12N2OS/c20-17(12-9-15-14(19-10-12)6-8-21-15)13-5-1-3-11-4-2-7-18-16(11)13/h1-10,17,20H. The van der Waals surface area contributed by atoms with E-state index >= 15 is 0 Å². The van der Waals surface area contributed by atoms with E-state index in [0.717, 1.165) is 32.2 Å². The molecular formula is C17H12N2OS. The predicted molar refractivity (Wildman–Crippen MR) is 85.4 cm³/mol. The molecule has 0 aliphatic carbocycles. The Labute approximate surface area is 125 Å². The normalized spacial score (nSPS) is 12.8. The molecule has 4 heteroatoms. The highest BCUT2D eigenvalue weighted by atomic mass is 32.1. The van der Waals surface area contributed by atoms with Crippen LogP contribution < -0.4 is 0 Å². The van der Waals surface area contributed by atoms with Gasteiger partial charge >= 0.3 is 0 Å². The summed E-state index contributed by atoms with van der Waals surface area (Å²) in [6.45, 7) is 0. The van der Waals surface area contributed by atoms with Crippen molar-refractivity contribution in [2.45, 2.75) is 6.10 Å². The molecule has 0 spiro atoms. The highest BCUT2D eigenvalue weighted by Crippen LogP contribution is 2.29. The van der Waals surface area contributed by atoms with Gasteiger partial charge in [0.2, 0.25) is 0 Å². The maximum atomic E-state index is 10.7. The van der Waals surface area contributed by atoms with Crippen LogP contribution in [-0.4, -0.2) is 15.1 Å². The van der Waals surface area contributed by atoms with Gasteiger partial charge in [0.1, 0.15) is 6.10 Å². The number of hydrogen-bond donors (Lipinski definition) is 1. The van der Waals surface area contributed by atoms with Crippen molar-refractivity contribution in [2.75, 3.05) is 0 Å². The molecule has 0 aliphatic heterocycles. The third-order valence-electron chi connectivity index (χ3n) is 3.60. The molecular weight excluding hydrogens is 280 g/mol. The van der Waals surface area contributed by atoms with Crippen molar-refractivity contribution >= 4 is 32.5 Å². The Hall–Kier alpha value is -2.30. The molecule has 1 N–H and O–H groups in total. The van der Waals surface area contributed by atoms with Gasteiger partial charge in [-0.3, -0.25) is 9.97 Å². The summed E-state index contributed by atoms with van der Waals surface area (Å²) in [5.41, 5.74) is 3.40. The number of para-hydroxylation sites is 1. The molecule has 21 heavy (non-hydrogen) atoms. The van der Waals surface area contributed by atoms with Crippen LogP contribution in [0.25, 0.3) is 21.1 Å². The van der Waals surface area contributed by atoms with Gasteiger partial charge in [0, 0.05) is 28.9 Å². The fourth-order valence-corrected chi connectivity index (χ4v) is 3.33. The molecule has 0 bridgehead atoms. The summed E-state index contributed by atoms with van der Waals surface area (Å²) in [6.07, 6.45) is 2.77. The predicted octanol–water partition coefficient (Wildman–Crippen LogP) is 3.93. The summed E-state index contributed by atoms with van der Waals surface area (Å²) in [6, 6.07) is 13.7. The van der Waals surface area contributed by atoms with Crippen LogP contribution >= 0.6 is 11.3 Å². The number of aliphatic hydroxyl groups excluding tert-OH is 1. The molecule has 0 aliphatic rings. The van der Waals surface area contributed by atoms with E-state index in [1.807, 2.05) is 47.8 Å². The van der Waals surface area contributed by atoms with E-state index in [0.29, 0.717) is 0 Å². The van der Waals surface area contributed by atoms with Crippen LogP contribution in [0, 0.1) is 0 Å². The van der Waals surface area contributed by atoms with E-state index in [2.05, 4.69) is 9.97 Å². The fraction of sp³-hybridized carbons (Fsp3) is 0.0588. The van der Waals surface area contributed by atoms with Crippen LogP contribution in [0.2, 0.25) is 0 Å². The molecule has 3 heterocycles. The van der Waals surface area contributed by atoms with Gasteiger partial charge < -0.3 is 5.11 Å². The molecule has 4 rings (SSSR count). The van der Waals surface area contributed by atoms with Crippen molar-refractivity contribution in [3.05, 3.63) is 71.4 Å². The number of thiophene rings is 1. The van der Waals surface area contributed by atoms with E-state index < -0.39 is 6.10 Å². The molecule has 0 fully saturated rings. The topological polar surface area (TPSA) is 46.0 Å². The Morgan fingerprint density at radius 2 is 1.95 bits per heavy atom. The monoisotopic (exact) mass is 292 g/mol. The van der Waals surface area contributed by atoms with E-state index in [1.54, 1.807) is 23.7 Å². The lowest BCUT2D eigenvalue weighted by molar-refractivity contribution is 0.221. The second-order valence-electron chi connectivity index (χ2n) is 4.90. The van der Waals surface area contributed by atoms with Crippen molar-refractivity contribution in [2.24, 2.45) is 0 Å². The number of benzene rings is 1. The summed E-state index contributed by atoms with van der Waals surface area (Å²) < 4.78 is 1.08. The number of aliphatic hydroxyl groups is 1. The molecule has 0 saturated heterocycles. The maximum absolute atomic E-state index is 10.7. The molecule has 4 aromatic rings. The van der Waals surface area contributed by atoms with E-state index in [4.69, 9.17) is 0 Å². The zero-order valence-electron chi connectivity index (χ0n) is 11.1. The highest BCUT2D eigenvalue weighted by molar-refractivity contribution is 7.17. The van der Waals surface area contributed by atoms with Crippen molar-refractivity contribution in [1.82, 2.24) is 9.97 Å². The highest BCUT2D eigenvalue weighted by Gasteiger charge is 2.15. The molecule has 102 valence electrons. The molecule has 0 saturated carbocycles. The first-order valence-electron chi connectivity index (χ1n) is 6.68. The summed E-state index contributed by atoms with van der Waals surface area (Å²) in [7, 11) is 0. The van der Waals surface area contributed by atoms with Crippen LogP contribution in [-0.2, 0) is 0 Å². The zero-order chi connectivity index (χ0) is 14.2. The van der Waals surface area contributed by atoms with E-state index in [9.17, 15) is 5.11 Å². The quantitative estimate of drug-likeness (QED) is 0.609. The Morgan fingerprint density at radius 3 is 2.90 bits per heavy atom. The minimum absolute atomic E-state index is 0.720. The summed E-state index contributed by atoms with van der Waals surface area (Å²) in [5.74, 6) is 0. The van der Waals surface area contributed by atoms with Gasteiger partial charge in [-0.05, 0) is 23.6 Å². The summed E-state index contributed by atoms with van der Waals surface area (Å²) in [5, 5.41) is 13.7. The average Bonchev–Trinajstić information content (AvgIpc) is 3.01. The number of aromatic nitrogens is 2. The van der Waals surface area contributed by atoms with Crippen molar-refractivity contribution in [3.8, 4) is 0 Å². The Bertz CT molecular complexity index is 927. The molecule has 0 amide bonds. The fourth-order valence-electron chi connectivity index (χ4n) is 2.54. The first kappa shape index (κ1) is 12.4. The lowest BCUT2D eigenvalue weighted by atomic mass is 10.00. The number of pyridine rings is 2. The van der Waals surface area contributed by atoms with Crippen LogP contribution in [0.1, 0.15) is 17.2 Å².